The monoisotopic (exact) mass is 1420 g/mol. The molecule has 6 aromatic heterocycles. The fourth-order valence-corrected chi connectivity index (χ4v) is 12.3. The van der Waals surface area contributed by atoms with Crippen molar-refractivity contribution in [3.05, 3.63) is 160 Å². The minimum Gasteiger partial charge on any atom is -0.444 e. The summed E-state index contributed by atoms with van der Waals surface area (Å²) in [6.07, 6.45) is 3.78. The molecule has 100 heavy (non-hydrogen) atoms. The Hall–Kier alpha value is -11.1. The molecule has 3 fully saturated rings. The van der Waals surface area contributed by atoms with E-state index in [2.05, 4.69) is 46.2 Å². The number of hydrogen-bond acceptors (Lipinski definition) is 17. The number of carbonyl (C=O) groups is 10. The van der Waals surface area contributed by atoms with Gasteiger partial charge in [-0.15, -0.1) is 0 Å². The molecular weight excluding hydrogens is 1350 g/mol. The molecule has 33 heteroatoms. The van der Waals surface area contributed by atoms with Gasteiger partial charge in [0, 0.05) is 42.3 Å². The third-order valence-electron chi connectivity index (χ3n) is 16.3. The molecule has 3 saturated heterocycles. The summed E-state index contributed by atoms with van der Waals surface area (Å²) < 4.78 is 9.76. The average Bonchev–Trinajstić information content (AvgIpc) is 1.60. The maximum atomic E-state index is 13.5. The molecule has 3 aliphatic heterocycles. The Morgan fingerprint density at radius 2 is 0.770 bits per heavy atom. The molecule has 30 nitrogen and oxygen atoms in total. The summed E-state index contributed by atoms with van der Waals surface area (Å²) in [5, 5.41) is 23.3. The van der Waals surface area contributed by atoms with Gasteiger partial charge in [-0.3, -0.25) is 57.2 Å². The predicted molar refractivity (Wildman–Crippen MR) is 370 cm³/mol. The molecule has 9 heterocycles. The Balaban J connectivity index is 0.000000163. The van der Waals surface area contributed by atoms with Crippen LogP contribution in [0.5, 0.6) is 0 Å². The number of piperidine rings is 2. The second-order valence-electron chi connectivity index (χ2n) is 24.4. The number of carbonyl (C=O) groups excluding carboxylic acids is 10. The first kappa shape index (κ1) is 71.7. The summed E-state index contributed by atoms with van der Waals surface area (Å²) in [7, 11) is 0. The van der Waals surface area contributed by atoms with Crippen molar-refractivity contribution in [2.24, 2.45) is 17.2 Å². The Labute approximate surface area is 586 Å². The number of anilines is 3. The van der Waals surface area contributed by atoms with E-state index >= 15 is 0 Å². The minimum absolute atomic E-state index is 0.0458. The van der Waals surface area contributed by atoms with Crippen LogP contribution in [0.25, 0.3) is 32.7 Å². The van der Waals surface area contributed by atoms with Gasteiger partial charge in [-0.2, -0.15) is 15.3 Å². The first-order valence-electron chi connectivity index (χ1n) is 31.7. The van der Waals surface area contributed by atoms with Crippen molar-refractivity contribution < 1.29 is 52.7 Å². The van der Waals surface area contributed by atoms with Crippen LogP contribution >= 0.6 is 34.8 Å². The number of rotatable bonds is 15. The summed E-state index contributed by atoms with van der Waals surface area (Å²) in [5.41, 5.74) is 17.7. The Morgan fingerprint density at radius 1 is 0.440 bits per heavy atom. The summed E-state index contributed by atoms with van der Waals surface area (Å²) in [6, 6.07) is 33.4. The standard InChI is InChI=1S/C25H28ClN7O5.2C21H21ClN6O3/c1-25(2,3)38-24(37)31-11-12-32(17(13-31)23(36)29-19-10-6-9-18(26)28-19)20(34)14-33-16-8-5-4-7-15(16)21(30-33)22(27)35;2*22-16-9-5-10-17(24-16)25-21(31)15-8-3-4-11-27(15)18(29)12-28-14-7-2-1-6-13(14)19(26-28)20(23)30/h4-10,17H,11-14H2,1-3H3,(H2,27,35)(H,28,29,36);2*1-2,5-7,9-10,15H,3-4,8,11-12H2,(H2,23,30)(H,24,25,31)/t17-;2*15-/m000/s1. The smallest absolute Gasteiger partial charge is 0.410 e. The van der Waals surface area contributed by atoms with E-state index in [1.165, 1.54) is 23.8 Å². The highest BCUT2D eigenvalue weighted by Gasteiger charge is 2.40. The molecule has 9 N–H and O–H groups in total. The molecule has 3 aromatic carbocycles. The predicted octanol–water partition coefficient (Wildman–Crippen LogP) is 6.68. The van der Waals surface area contributed by atoms with Gasteiger partial charge < -0.3 is 57.5 Å². The summed E-state index contributed by atoms with van der Waals surface area (Å²) >= 11 is 17.7. The molecule has 0 saturated carbocycles. The molecule has 12 rings (SSSR count). The molecule has 0 aliphatic carbocycles. The number of amides is 10. The third kappa shape index (κ3) is 17.4. The number of hydrogen-bond donors (Lipinski definition) is 6. The Kier molecular flexibility index (Phi) is 22.6. The van der Waals surface area contributed by atoms with Crippen LogP contribution in [0.1, 0.15) is 90.8 Å². The average molecular weight is 1420 g/mol. The van der Waals surface area contributed by atoms with Gasteiger partial charge in [0.15, 0.2) is 17.1 Å². The molecule has 3 atom stereocenters. The number of likely N-dealkylation sites (tertiary alicyclic amines) is 2. The van der Waals surface area contributed by atoms with E-state index in [9.17, 15) is 47.9 Å². The van der Waals surface area contributed by atoms with Gasteiger partial charge in [0.25, 0.3) is 17.7 Å². The van der Waals surface area contributed by atoms with Crippen LogP contribution in [0.3, 0.4) is 0 Å². The second kappa shape index (κ2) is 31.6. The minimum atomic E-state index is -1.05. The van der Waals surface area contributed by atoms with Crippen molar-refractivity contribution >= 4 is 144 Å². The molecular formula is C67H70Cl3N19O11. The van der Waals surface area contributed by atoms with Gasteiger partial charge in [0.05, 0.1) is 23.1 Å². The van der Waals surface area contributed by atoms with E-state index in [1.54, 1.807) is 158 Å². The topological polar surface area (TPSA) is 399 Å². The number of nitrogens with one attached hydrogen (secondary N) is 3. The van der Waals surface area contributed by atoms with Crippen LogP contribution in [0, 0.1) is 0 Å². The highest BCUT2D eigenvalue weighted by molar-refractivity contribution is 6.30. The zero-order valence-electron chi connectivity index (χ0n) is 54.4. The lowest BCUT2D eigenvalue weighted by Gasteiger charge is -2.40. The summed E-state index contributed by atoms with van der Waals surface area (Å²) in [5.74, 6) is -3.30. The molecule has 0 spiro atoms. The zero-order valence-corrected chi connectivity index (χ0v) is 56.7. The first-order chi connectivity index (χ1) is 47.8. The largest absolute Gasteiger partial charge is 0.444 e. The molecule has 0 unspecified atom stereocenters. The quantitative estimate of drug-likeness (QED) is 0.0583. The molecule has 520 valence electrons. The van der Waals surface area contributed by atoms with Crippen LogP contribution < -0.4 is 33.2 Å². The maximum absolute atomic E-state index is 13.5. The number of aromatic nitrogens is 9. The van der Waals surface area contributed by atoms with Gasteiger partial charge in [-0.25, -0.2) is 19.7 Å². The van der Waals surface area contributed by atoms with Crippen LogP contribution in [-0.4, -0.2) is 180 Å². The van der Waals surface area contributed by atoms with Gasteiger partial charge in [-0.1, -0.05) is 108 Å². The van der Waals surface area contributed by atoms with Crippen LogP contribution in [0.15, 0.2) is 127 Å². The highest BCUT2D eigenvalue weighted by atomic mass is 35.5. The number of ether oxygens (including phenoxy) is 1. The van der Waals surface area contributed by atoms with E-state index < -0.39 is 59.4 Å². The number of pyridine rings is 3. The van der Waals surface area contributed by atoms with Gasteiger partial charge in [0.2, 0.25) is 35.4 Å². The first-order valence-corrected chi connectivity index (χ1v) is 32.9. The maximum Gasteiger partial charge on any atom is 0.410 e. The number of nitrogens with zero attached hydrogens (tertiary/aromatic N) is 13. The molecule has 0 bridgehead atoms. The van der Waals surface area contributed by atoms with Crippen LogP contribution in [0.2, 0.25) is 15.5 Å². The lowest BCUT2D eigenvalue weighted by molar-refractivity contribution is -0.142. The zero-order chi connectivity index (χ0) is 71.5. The van der Waals surface area contributed by atoms with Crippen molar-refractivity contribution in [1.82, 2.24) is 63.9 Å². The fraction of sp³-hybridized carbons (Fsp3) is 0.313. The molecule has 9 aromatic rings. The van der Waals surface area contributed by atoms with Crippen molar-refractivity contribution in [2.45, 2.75) is 103 Å². The van der Waals surface area contributed by atoms with E-state index in [0.29, 0.717) is 70.3 Å². The van der Waals surface area contributed by atoms with E-state index in [4.69, 9.17) is 56.7 Å². The van der Waals surface area contributed by atoms with Crippen LogP contribution in [-0.2, 0) is 53.1 Å². The van der Waals surface area contributed by atoms with Crippen molar-refractivity contribution in [1.29, 1.82) is 0 Å². The van der Waals surface area contributed by atoms with E-state index in [1.807, 2.05) is 0 Å². The lowest BCUT2D eigenvalue weighted by atomic mass is 10.0. The number of para-hydroxylation sites is 3. The normalized spacial score (nSPS) is 16.1. The third-order valence-corrected chi connectivity index (χ3v) is 17.0. The Bertz CT molecular complexity index is 4450. The number of fused-ring (bicyclic) bond motifs is 3. The number of halogens is 3. The van der Waals surface area contributed by atoms with E-state index in [-0.39, 0.29) is 101 Å². The van der Waals surface area contributed by atoms with Gasteiger partial charge in [-0.05, 0) is 114 Å². The number of benzene rings is 3. The second-order valence-corrected chi connectivity index (χ2v) is 25.6. The number of nitrogens with two attached hydrogens (primary N) is 3. The highest BCUT2D eigenvalue weighted by Crippen LogP contribution is 2.27. The van der Waals surface area contributed by atoms with E-state index in [0.717, 1.165) is 25.7 Å². The number of piperazine rings is 1. The molecule has 3 aliphatic rings. The van der Waals surface area contributed by atoms with Crippen molar-refractivity contribution in [2.75, 3.05) is 48.7 Å². The Morgan fingerprint density at radius 3 is 1.10 bits per heavy atom. The molecule has 10 amide bonds. The fourth-order valence-electron chi connectivity index (χ4n) is 11.8. The SMILES string of the molecule is CC(C)(C)OC(=O)N1CCN(C(=O)Cn2nc(C(N)=O)c3ccccc32)[C@H](C(=O)Nc2cccc(Cl)n2)C1.NC(=O)c1nn(CC(=O)N2CCCC[C@H]2C(=O)Nc2cccc(Cl)n2)c2ccccc12.NC(=O)c1nn(CC(=O)N2CCCC[C@H]2C(=O)Nc2cccc(Cl)n2)c2ccccc12. The van der Waals surface area contributed by atoms with Crippen LogP contribution in [0.4, 0.5) is 22.2 Å². The summed E-state index contributed by atoms with van der Waals surface area (Å²) in [6.45, 7) is 5.83. The molecule has 0 radical (unpaired) electrons. The number of primary amides is 3. The summed E-state index contributed by atoms with van der Waals surface area (Å²) in [4.78, 5) is 145. The van der Waals surface area contributed by atoms with Crippen molar-refractivity contribution in [3.8, 4) is 0 Å². The van der Waals surface area contributed by atoms with Crippen molar-refractivity contribution in [3.63, 3.8) is 0 Å². The van der Waals surface area contributed by atoms with Gasteiger partial charge >= 0.3 is 6.09 Å². The van der Waals surface area contributed by atoms with Gasteiger partial charge in [0.1, 0.15) is 76.3 Å². The lowest BCUT2D eigenvalue weighted by Crippen LogP contribution is -2.61.